The minimum atomic E-state index is -0.371. The van der Waals surface area contributed by atoms with Crippen molar-refractivity contribution in [3.63, 3.8) is 0 Å². The van der Waals surface area contributed by atoms with Crippen LogP contribution in [0.15, 0.2) is 47.1 Å². The molecule has 3 rings (SSSR count). The molecular weight excluding hydrogens is 360 g/mol. The molecule has 0 radical (unpaired) electrons. The Morgan fingerprint density at radius 2 is 2.04 bits per heavy atom. The monoisotopic (exact) mass is 384 g/mol. The fourth-order valence-corrected chi connectivity index (χ4v) is 3.09. The van der Waals surface area contributed by atoms with Crippen molar-refractivity contribution in [3.8, 4) is 11.5 Å². The molecule has 0 bridgehead atoms. The number of nitrogens with one attached hydrogen (secondary N) is 2. The largest absolute Gasteiger partial charge is 0.493 e. The highest BCUT2D eigenvalue weighted by atomic mass is 16.5. The lowest BCUT2D eigenvalue weighted by Gasteiger charge is -2.19. The standard InChI is InChI=1S/C20H24N4O4/c1-13-11-14(2)24(23-13)16(17-9-6-10-28-17)12-21-20(25)22-15-7-5-8-18(26-3)19(15)27-4/h5-11,16H,12H2,1-4H3,(H2,21,22,25). The molecule has 2 N–H and O–H groups in total. The van der Waals surface area contributed by atoms with Crippen LogP contribution in [-0.4, -0.2) is 36.6 Å². The molecule has 3 aromatic rings. The van der Waals surface area contributed by atoms with Gasteiger partial charge in [-0.05, 0) is 44.2 Å². The van der Waals surface area contributed by atoms with Gasteiger partial charge in [-0.1, -0.05) is 6.07 Å². The van der Waals surface area contributed by atoms with E-state index in [-0.39, 0.29) is 12.1 Å². The number of hydrogen-bond acceptors (Lipinski definition) is 5. The number of para-hydroxylation sites is 1. The molecule has 0 aliphatic rings. The first-order chi connectivity index (χ1) is 13.5. The maximum absolute atomic E-state index is 12.5. The number of anilines is 1. The highest BCUT2D eigenvalue weighted by Gasteiger charge is 2.21. The number of rotatable bonds is 7. The van der Waals surface area contributed by atoms with E-state index in [9.17, 15) is 4.79 Å². The van der Waals surface area contributed by atoms with E-state index >= 15 is 0 Å². The quantitative estimate of drug-likeness (QED) is 0.650. The number of carbonyl (C=O) groups is 1. The Hall–Kier alpha value is -3.42. The Bertz CT molecular complexity index is 934. The van der Waals surface area contributed by atoms with Crippen LogP contribution in [0.25, 0.3) is 0 Å². The maximum atomic E-state index is 12.5. The molecule has 8 heteroatoms. The first-order valence-electron chi connectivity index (χ1n) is 8.85. The van der Waals surface area contributed by atoms with Crippen molar-refractivity contribution < 1.29 is 18.7 Å². The van der Waals surface area contributed by atoms with Crippen LogP contribution in [0, 0.1) is 13.8 Å². The Balaban J connectivity index is 1.74. The van der Waals surface area contributed by atoms with E-state index < -0.39 is 0 Å². The van der Waals surface area contributed by atoms with Crippen LogP contribution in [0.5, 0.6) is 11.5 Å². The summed E-state index contributed by atoms with van der Waals surface area (Å²) in [5.41, 5.74) is 2.40. The number of furan rings is 1. The zero-order valence-corrected chi connectivity index (χ0v) is 16.4. The van der Waals surface area contributed by atoms with Crippen LogP contribution >= 0.6 is 0 Å². The number of carbonyl (C=O) groups excluding carboxylic acids is 1. The van der Waals surface area contributed by atoms with Crippen molar-refractivity contribution in [2.24, 2.45) is 0 Å². The number of aromatic nitrogens is 2. The Morgan fingerprint density at radius 1 is 1.21 bits per heavy atom. The number of methoxy groups -OCH3 is 2. The molecule has 1 aromatic carbocycles. The van der Waals surface area contributed by atoms with Gasteiger partial charge in [0.15, 0.2) is 11.5 Å². The Morgan fingerprint density at radius 3 is 2.64 bits per heavy atom. The number of urea groups is 1. The zero-order valence-electron chi connectivity index (χ0n) is 16.4. The van der Waals surface area contributed by atoms with Crippen LogP contribution in [0.4, 0.5) is 10.5 Å². The average Bonchev–Trinajstić information content (AvgIpc) is 3.32. The lowest BCUT2D eigenvalue weighted by atomic mass is 10.2. The summed E-state index contributed by atoms with van der Waals surface area (Å²) in [4.78, 5) is 12.5. The molecule has 1 unspecified atom stereocenters. The van der Waals surface area contributed by atoms with Gasteiger partial charge in [0, 0.05) is 12.2 Å². The van der Waals surface area contributed by atoms with Crippen LogP contribution < -0.4 is 20.1 Å². The number of ether oxygens (including phenoxy) is 2. The molecule has 0 fully saturated rings. The van der Waals surface area contributed by atoms with E-state index in [1.54, 1.807) is 31.6 Å². The van der Waals surface area contributed by atoms with E-state index in [1.807, 2.05) is 36.7 Å². The molecule has 2 amide bonds. The normalized spacial score (nSPS) is 11.7. The average molecular weight is 384 g/mol. The molecule has 0 saturated carbocycles. The molecule has 0 aliphatic carbocycles. The third-order valence-electron chi connectivity index (χ3n) is 4.32. The zero-order chi connectivity index (χ0) is 20.1. The smallest absolute Gasteiger partial charge is 0.319 e. The molecule has 2 heterocycles. The van der Waals surface area contributed by atoms with Gasteiger partial charge >= 0.3 is 6.03 Å². The number of nitrogens with zero attached hydrogens (tertiary/aromatic N) is 2. The first-order valence-corrected chi connectivity index (χ1v) is 8.85. The molecule has 2 aromatic heterocycles. The second-order valence-corrected chi connectivity index (χ2v) is 6.28. The predicted octanol–water partition coefficient (Wildman–Crippen LogP) is 3.52. The molecule has 0 saturated heterocycles. The van der Waals surface area contributed by atoms with Gasteiger partial charge in [-0.2, -0.15) is 5.10 Å². The second kappa shape index (κ2) is 8.51. The summed E-state index contributed by atoms with van der Waals surface area (Å²) >= 11 is 0. The summed E-state index contributed by atoms with van der Waals surface area (Å²) in [5, 5.41) is 10.2. The van der Waals surface area contributed by atoms with Crippen molar-refractivity contribution in [2.45, 2.75) is 19.9 Å². The van der Waals surface area contributed by atoms with E-state index in [4.69, 9.17) is 13.9 Å². The molecule has 0 spiro atoms. The minimum Gasteiger partial charge on any atom is -0.493 e. The van der Waals surface area contributed by atoms with Crippen molar-refractivity contribution in [3.05, 3.63) is 59.8 Å². The summed E-state index contributed by atoms with van der Waals surface area (Å²) in [6.07, 6.45) is 1.61. The number of aryl methyl sites for hydroxylation is 2. The summed E-state index contributed by atoms with van der Waals surface area (Å²) in [6.45, 7) is 4.20. The van der Waals surface area contributed by atoms with Gasteiger partial charge in [0.25, 0.3) is 0 Å². The summed E-state index contributed by atoms with van der Waals surface area (Å²) < 4.78 is 18.0. The topological polar surface area (TPSA) is 90.6 Å². The lowest BCUT2D eigenvalue weighted by Crippen LogP contribution is -2.35. The van der Waals surface area contributed by atoms with Gasteiger partial charge in [-0.3, -0.25) is 4.68 Å². The number of benzene rings is 1. The Labute approximate surface area is 163 Å². The van der Waals surface area contributed by atoms with Gasteiger partial charge in [0.2, 0.25) is 0 Å². The van der Waals surface area contributed by atoms with Crippen LogP contribution in [-0.2, 0) is 0 Å². The van der Waals surface area contributed by atoms with Crippen molar-refractivity contribution in [2.75, 3.05) is 26.1 Å². The third-order valence-corrected chi connectivity index (χ3v) is 4.32. The summed E-state index contributed by atoms with van der Waals surface area (Å²) in [6, 6.07) is 10.3. The predicted molar refractivity (Wildman–Crippen MR) is 105 cm³/mol. The Kier molecular flexibility index (Phi) is 5.88. The second-order valence-electron chi connectivity index (χ2n) is 6.28. The van der Waals surface area contributed by atoms with Crippen LogP contribution in [0.1, 0.15) is 23.2 Å². The number of amides is 2. The SMILES string of the molecule is COc1cccc(NC(=O)NCC(c2ccco2)n2nc(C)cc2C)c1OC. The van der Waals surface area contributed by atoms with Gasteiger partial charge in [-0.15, -0.1) is 0 Å². The summed E-state index contributed by atoms with van der Waals surface area (Å²) in [5.74, 6) is 1.71. The van der Waals surface area contributed by atoms with E-state index in [0.29, 0.717) is 29.5 Å². The van der Waals surface area contributed by atoms with Crippen molar-refractivity contribution in [1.82, 2.24) is 15.1 Å². The molecule has 1 atom stereocenters. The van der Waals surface area contributed by atoms with Crippen molar-refractivity contribution >= 4 is 11.7 Å². The fourth-order valence-electron chi connectivity index (χ4n) is 3.09. The minimum absolute atomic E-state index is 0.262. The fraction of sp³-hybridized carbons (Fsp3) is 0.300. The van der Waals surface area contributed by atoms with E-state index in [2.05, 4.69) is 15.7 Å². The van der Waals surface area contributed by atoms with Gasteiger partial charge in [0.05, 0.1) is 31.9 Å². The van der Waals surface area contributed by atoms with Crippen molar-refractivity contribution in [1.29, 1.82) is 0 Å². The highest BCUT2D eigenvalue weighted by molar-refractivity contribution is 5.91. The van der Waals surface area contributed by atoms with Gasteiger partial charge in [0.1, 0.15) is 11.8 Å². The molecule has 8 nitrogen and oxygen atoms in total. The third kappa shape index (κ3) is 4.11. The molecule has 28 heavy (non-hydrogen) atoms. The van der Waals surface area contributed by atoms with Gasteiger partial charge < -0.3 is 24.5 Å². The van der Waals surface area contributed by atoms with E-state index in [0.717, 1.165) is 11.4 Å². The molecule has 148 valence electrons. The highest BCUT2D eigenvalue weighted by Crippen LogP contribution is 2.34. The lowest BCUT2D eigenvalue weighted by molar-refractivity contribution is 0.249. The van der Waals surface area contributed by atoms with Crippen LogP contribution in [0.3, 0.4) is 0 Å². The van der Waals surface area contributed by atoms with E-state index in [1.165, 1.54) is 7.11 Å². The number of hydrogen-bond donors (Lipinski definition) is 2. The summed E-state index contributed by atoms with van der Waals surface area (Å²) in [7, 11) is 3.07. The maximum Gasteiger partial charge on any atom is 0.319 e. The van der Waals surface area contributed by atoms with Crippen LogP contribution in [0.2, 0.25) is 0 Å². The molecule has 0 aliphatic heterocycles. The van der Waals surface area contributed by atoms with Gasteiger partial charge in [-0.25, -0.2) is 4.79 Å². The first kappa shape index (κ1) is 19.3. The molecular formula is C20H24N4O4.